The van der Waals surface area contributed by atoms with Gasteiger partial charge < -0.3 is 34.1 Å². The number of aliphatic hydroxyl groups is 1. The van der Waals surface area contributed by atoms with Gasteiger partial charge in [-0.2, -0.15) is 0 Å². The summed E-state index contributed by atoms with van der Waals surface area (Å²) >= 11 is 0. The van der Waals surface area contributed by atoms with Crippen molar-refractivity contribution in [2.24, 2.45) is 16.7 Å². The van der Waals surface area contributed by atoms with Crippen LogP contribution in [0.2, 0.25) is 0 Å². The first-order valence-electron chi connectivity index (χ1n) is 14.3. The fraction of sp³-hybridized carbons (Fsp3) is 0.667. The molecule has 3 aliphatic heterocycles. The van der Waals surface area contributed by atoms with Gasteiger partial charge in [0.25, 0.3) is 0 Å². The molecule has 41 heavy (non-hydrogen) atoms. The molecular formula is C30H39NO10. The Morgan fingerprint density at radius 1 is 1.10 bits per heavy atom. The lowest BCUT2D eigenvalue weighted by molar-refractivity contribution is -0.233. The molecule has 1 amide bonds. The zero-order valence-corrected chi connectivity index (χ0v) is 23.9. The number of hydrogen-bond acceptors (Lipinski definition) is 10. The molecule has 1 unspecified atom stereocenters. The van der Waals surface area contributed by atoms with E-state index in [1.807, 2.05) is 13.8 Å². The third-order valence-electron chi connectivity index (χ3n) is 9.84. The highest BCUT2D eigenvalue weighted by Gasteiger charge is 2.83. The van der Waals surface area contributed by atoms with Gasteiger partial charge in [0.2, 0.25) is 5.91 Å². The molecule has 0 aromatic rings. The maximum Gasteiger partial charge on any atom is 0.331 e. The summed E-state index contributed by atoms with van der Waals surface area (Å²) in [6.45, 7) is 7.50. The fourth-order valence-corrected chi connectivity index (χ4v) is 7.14. The first kappa shape index (κ1) is 29.5. The van der Waals surface area contributed by atoms with Gasteiger partial charge in [-0.05, 0) is 39.0 Å². The van der Waals surface area contributed by atoms with Crippen molar-refractivity contribution in [2.45, 2.75) is 89.4 Å². The molecule has 224 valence electrons. The van der Waals surface area contributed by atoms with Crippen LogP contribution in [0.3, 0.4) is 0 Å². The third kappa shape index (κ3) is 5.02. The average Bonchev–Trinajstić information content (AvgIpc) is 3.70. The van der Waals surface area contributed by atoms with E-state index in [1.54, 1.807) is 6.92 Å². The van der Waals surface area contributed by atoms with Crippen molar-refractivity contribution in [1.82, 2.24) is 5.32 Å². The number of nitrogens with one attached hydrogen (secondary N) is 1. The van der Waals surface area contributed by atoms with Crippen molar-refractivity contribution in [2.75, 3.05) is 19.8 Å². The summed E-state index contributed by atoms with van der Waals surface area (Å²) in [5, 5.41) is 12.4. The third-order valence-corrected chi connectivity index (χ3v) is 9.84. The standard InChI is InChI=1S/C30H39NO10/c1-17-9-11-29-15-38-27(36)25(31-26(35)19(3)32)18(2)10-12-37-23(33)7-5-6-8-24(34)41-20-14-22(40-21(29)13-17)30(16-39-30)28(20,29)4/h5-8,13,18-22,25,32H,9-12,14-16H2,1-4H3,(H,31,35)/b7-5+,8-6-/t18-,19-,20-,21?,22-,25-,28-,29-,30+/m1/s1. The smallest absolute Gasteiger partial charge is 0.331 e. The number of esters is 3. The molecule has 3 fully saturated rings. The quantitative estimate of drug-likeness (QED) is 0.216. The van der Waals surface area contributed by atoms with Gasteiger partial charge in [-0.25, -0.2) is 14.4 Å². The van der Waals surface area contributed by atoms with Gasteiger partial charge in [-0.3, -0.25) is 4.79 Å². The summed E-state index contributed by atoms with van der Waals surface area (Å²) < 4.78 is 30.0. The molecule has 5 aliphatic rings. The molecule has 3 heterocycles. The minimum absolute atomic E-state index is 0.0185. The molecule has 2 aliphatic carbocycles. The second-order valence-corrected chi connectivity index (χ2v) is 12.2. The number of hydrogen-bond donors (Lipinski definition) is 2. The monoisotopic (exact) mass is 573 g/mol. The molecule has 2 spiro atoms. The van der Waals surface area contributed by atoms with E-state index in [0.717, 1.165) is 12.0 Å². The first-order valence-corrected chi connectivity index (χ1v) is 14.3. The lowest BCUT2D eigenvalue weighted by Gasteiger charge is -2.58. The normalized spacial score (nSPS) is 43.2. The van der Waals surface area contributed by atoms with Crippen LogP contribution in [0.4, 0.5) is 0 Å². The lowest BCUT2D eigenvalue weighted by atomic mass is 9.51. The maximum atomic E-state index is 13.7. The zero-order valence-electron chi connectivity index (χ0n) is 23.9. The van der Waals surface area contributed by atoms with E-state index < -0.39 is 70.5 Å². The van der Waals surface area contributed by atoms with Crippen LogP contribution in [0.1, 0.15) is 53.4 Å². The minimum Gasteiger partial charge on any atom is -0.463 e. The molecule has 2 saturated heterocycles. The van der Waals surface area contributed by atoms with Gasteiger partial charge in [0, 0.05) is 24.0 Å². The predicted octanol–water partition coefficient (Wildman–Crippen LogP) is 1.68. The average molecular weight is 574 g/mol. The van der Waals surface area contributed by atoms with Crippen LogP contribution in [0.25, 0.3) is 0 Å². The summed E-state index contributed by atoms with van der Waals surface area (Å²) in [6.07, 6.45) is 6.75. The van der Waals surface area contributed by atoms with Crippen LogP contribution >= 0.6 is 0 Å². The Bertz CT molecular complexity index is 1190. The number of aliphatic hydroxyl groups excluding tert-OH is 1. The molecule has 9 atom stereocenters. The molecule has 11 nitrogen and oxygen atoms in total. The Hall–Kier alpha value is -3.02. The van der Waals surface area contributed by atoms with E-state index in [2.05, 4.69) is 11.4 Å². The Labute approximate surface area is 239 Å². The van der Waals surface area contributed by atoms with Gasteiger partial charge in [0.1, 0.15) is 30.5 Å². The number of carbonyl (C=O) groups is 4. The summed E-state index contributed by atoms with van der Waals surface area (Å²) in [4.78, 5) is 51.1. The van der Waals surface area contributed by atoms with Crippen molar-refractivity contribution in [3.63, 3.8) is 0 Å². The summed E-state index contributed by atoms with van der Waals surface area (Å²) in [7, 11) is 0. The number of ether oxygens (including phenoxy) is 5. The van der Waals surface area contributed by atoms with Crippen LogP contribution in [-0.2, 0) is 42.9 Å². The number of rotatable bonds is 2. The molecule has 5 rings (SSSR count). The molecule has 0 aromatic carbocycles. The topological polar surface area (TPSA) is 150 Å². The minimum atomic E-state index is -1.34. The van der Waals surface area contributed by atoms with Crippen molar-refractivity contribution in [3.8, 4) is 0 Å². The summed E-state index contributed by atoms with van der Waals surface area (Å²) in [5.41, 5.74) is -1.04. The maximum absolute atomic E-state index is 13.7. The van der Waals surface area contributed by atoms with Gasteiger partial charge in [-0.1, -0.05) is 37.6 Å². The van der Waals surface area contributed by atoms with Gasteiger partial charge in [-0.15, -0.1) is 0 Å². The van der Waals surface area contributed by atoms with Crippen molar-refractivity contribution >= 4 is 23.8 Å². The molecular weight excluding hydrogens is 534 g/mol. The van der Waals surface area contributed by atoms with Crippen LogP contribution in [0.15, 0.2) is 36.0 Å². The Kier molecular flexibility index (Phi) is 7.90. The van der Waals surface area contributed by atoms with Crippen LogP contribution < -0.4 is 5.32 Å². The largest absolute Gasteiger partial charge is 0.463 e. The number of allylic oxidation sites excluding steroid dienone is 3. The number of amides is 1. The molecule has 11 heteroatoms. The van der Waals surface area contributed by atoms with E-state index in [0.29, 0.717) is 19.4 Å². The van der Waals surface area contributed by atoms with Crippen LogP contribution in [0.5, 0.6) is 0 Å². The Morgan fingerprint density at radius 2 is 1.80 bits per heavy atom. The van der Waals surface area contributed by atoms with Gasteiger partial charge in [0.05, 0.1) is 30.8 Å². The second kappa shape index (κ2) is 11.0. The highest BCUT2D eigenvalue weighted by Crippen LogP contribution is 2.72. The second-order valence-electron chi connectivity index (χ2n) is 12.2. The Morgan fingerprint density at radius 3 is 2.49 bits per heavy atom. The SMILES string of the molecule is CC1=CC2O[C@@H]3C[C@H]4OC(=O)/C=C\C=C\C(=O)OCC[C@@H](C)[C@@H](NC(=O)[C@@H](C)O)C(=O)OC[C@@]2(CC1)[C@]4(C)[C@]31CO1. The predicted molar refractivity (Wildman–Crippen MR) is 143 cm³/mol. The van der Waals surface area contributed by atoms with E-state index in [-0.39, 0.29) is 25.7 Å². The molecule has 2 bridgehead atoms. The molecule has 0 radical (unpaired) electrons. The highest BCUT2D eigenvalue weighted by molar-refractivity contribution is 5.87. The lowest BCUT2D eigenvalue weighted by Crippen LogP contribution is -2.67. The Balaban J connectivity index is 1.53. The molecule has 1 saturated carbocycles. The van der Waals surface area contributed by atoms with Crippen molar-refractivity contribution < 1.29 is 48.0 Å². The summed E-state index contributed by atoms with van der Waals surface area (Å²) in [5.74, 6) is -3.07. The number of cyclic esters (lactones) is 2. The summed E-state index contributed by atoms with van der Waals surface area (Å²) in [6, 6.07) is -1.10. The van der Waals surface area contributed by atoms with Crippen molar-refractivity contribution in [1.29, 1.82) is 0 Å². The van der Waals surface area contributed by atoms with Gasteiger partial charge in [0.15, 0.2) is 0 Å². The number of epoxide rings is 1. The van der Waals surface area contributed by atoms with Crippen molar-refractivity contribution in [3.05, 3.63) is 36.0 Å². The fourth-order valence-electron chi connectivity index (χ4n) is 7.14. The zero-order chi connectivity index (χ0) is 29.6. The number of carbonyl (C=O) groups excluding carboxylic acids is 4. The highest BCUT2D eigenvalue weighted by atomic mass is 16.6. The molecule has 0 aromatic heterocycles. The molecule has 2 N–H and O–H groups in total. The van der Waals surface area contributed by atoms with E-state index >= 15 is 0 Å². The van der Waals surface area contributed by atoms with Crippen LogP contribution in [0, 0.1) is 16.7 Å². The van der Waals surface area contributed by atoms with Crippen LogP contribution in [-0.4, -0.2) is 84.8 Å². The van der Waals surface area contributed by atoms with E-state index in [4.69, 9.17) is 23.7 Å². The van der Waals surface area contributed by atoms with E-state index in [1.165, 1.54) is 31.2 Å². The first-order chi connectivity index (χ1) is 19.4. The van der Waals surface area contributed by atoms with E-state index in [9.17, 15) is 24.3 Å². The van der Waals surface area contributed by atoms with Gasteiger partial charge >= 0.3 is 17.9 Å².